The van der Waals surface area contributed by atoms with Crippen molar-refractivity contribution in [1.82, 2.24) is 0 Å². The topological polar surface area (TPSA) is 47.6 Å². The normalized spacial score (nSPS) is 11.8. The summed E-state index contributed by atoms with van der Waals surface area (Å²) in [5.41, 5.74) is 5.60. The maximum atomic E-state index is 8.78. The largest absolute Gasteiger partial charge is 0.207 e. The third-order valence-corrected chi connectivity index (χ3v) is 9.77. The molecule has 0 N–H and O–H groups in total. The second kappa shape index (κ2) is 3.21. The van der Waals surface area contributed by atoms with E-state index < -0.39 is 16.1 Å². The second-order valence-electron chi connectivity index (χ2n) is 4.17. The summed E-state index contributed by atoms with van der Waals surface area (Å²) in [6, 6.07) is 0. The van der Waals surface area contributed by atoms with Gasteiger partial charge in [0.2, 0.25) is 0 Å². The minimum Gasteiger partial charge on any atom is -0.207 e. The van der Waals surface area contributed by atoms with Gasteiger partial charge in [-0.2, -0.15) is 0 Å². The highest BCUT2D eigenvalue weighted by molar-refractivity contribution is 7.01. The van der Waals surface area contributed by atoms with Gasteiger partial charge in [-0.1, -0.05) is 26.2 Å². The Bertz CT molecular complexity index is 196. The van der Waals surface area contributed by atoms with Crippen LogP contribution in [0.1, 0.15) is 0 Å². The standard InChI is InChI=1S/C7H14N2Si2/c1-10(2,5-8)7-11(3,4)6-9/h7H2,1-4H3. The molecule has 0 rings (SSSR count). The van der Waals surface area contributed by atoms with Crippen LogP contribution in [0.3, 0.4) is 0 Å². The molecule has 0 spiro atoms. The zero-order valence-electron chi connectivity index (χ0n) is 7.60. The summed E-state index contributed by atoms with van der Waals surface area (Å²) in [6.07, 6.45) is 0. The SMILES string of the molecule is C[Si](C)(C#N)C[Si](C)(C)C#N. The van der Waals surface area contributed by atoms with Gasteiger partial charge in [-0.05, 0) is 5.67 Å². The third kappa shape index (κ3) is 3.97. The van der Waals surface area contributed by atoms with Crippen LogP contribution >= 0.6 is 0 Å². The molecular formula is C7H14N2Si2. The van der Waals surface area contributed by atoms with Crippen molar-refractivity contribution in [3.05, 3.63) is 0 Å². The van der Waals surface area contributed by atoms with Gasteiger partial charge in [0, 0.05) is 11.4 Å². The monoisotopic (exact) mass is 182 g/mol. The quantitative estimate of drug-likeness (QED) is 0.614. The van der Waals surface area contributed by atoms with E-state index in [-0.39, 0.29) is 0 Å². The van der Waals surface area contributed by atoms with E-state index in [0.29, 0.717) is 0 Å². The van der Waals surface area contributed by atoms with E-state index in [2.05, 4.69) is 11.4 Å². The highest BCUT2D eigenvalue weighted by atomic mass is 28.4. The van der Waals surface area contributed by atoms with Gasteiger partial charge < -0.3 is 0 Å². The zero-order chi connectivity index (χ0) is 9.12. The molecule has 0 aliphatic carbocycles. The molecule has 60 valence electrons. The molecule has 0 unspecified atom stereocenters. The van der Waals surface area contributed by atoms with Crippen molar-refractivity contribution in [2.45, 2.75) is 31.9 Å². The van der Waals surface area contributed by atoms with Crippen molar-refractivity contribution >= 4 is 16.1 Å². The first-order valence-corrected chi connectivity index (χ1v) is 10.1. The van der Waals surface area contributed by atoms with Gasteiger partial charge in [0.1, 0.15) is 0 Å². The molecule has 11 heavy (non-hydrogen) atoms. The summed E-state index contributed by atoms with van der Waals surface area (Å²) in [5, 5.41) is 17.6. The van der Waals surface area contributed by atoms with E-state index in [1.165, 1.54) is 0 Å². The van der Waals surface area contributed by atoms with Gasteiger partial charge in [0.05, 0.1) is 0 Å². The van der Waals surface area contributed by atoms with Crippen LogP contribution in [0, 0.1) is 21.9 Å². The molecule has 0 aromatic heterocycles. The van der Waals surface area contributed by atoms with Crippen LogP contribution in [0.4, 0.5) is 0 Å². The van der Waals surface area contributed by atoms with Crippen molar-refractivity contribution in [3.8, 4) is 11.4 Å². The summed E-state index contributed by atoms with van der Waals surface area (Å²) >= 11 is 0. The van der Waals surface area contributed by atoms with E-state index in [4.69, 9.17) is 10.5 Å². The molecule has 0 bridgehead atoms. The van der Waals surface area contributed by atoms with Crippen molar-refractivity contribution in [1.29, 1.82) is 10.5 Å². The first kappa shape index (κ1) is 10.4. The molecule has 0 radical (unpaired) electrons. The van der Waals surface area contributed by atoms with Crippen LogP contribution in [-0.4, -0.2) is 16.1 Å². The minimum atomic E-state index is -1.69. The lowest BCUT2D eigenvalue weighted by atomic mass is 11.7. The van der Waals surface area contributed by atoms with E-state index in [1.807, 2.05) is 26.2 Å². The second-order valence-corrected chi connectivity index (χ2v) is 13.6. The van der Waals surface area contributed by atoms with Gasteiger partial charge in [-0.3, -0.25) is 0 Å². The van der Waals surface area contributed by atoms with Gasteiger partial charge in [-0.25, -0.2) is 10.5 Å². The third-order valence-electron chi connectivity index (χ3n) is 1.49. The summed E-state index contributed by atoms with van der Waals surface area (Å²) in [5.74, 6) is 0. The van der Waals surface area contributed by atoms with E-state index in [9.17, 15) is 0 Å². The van der Waals surface area contributed by atoms with Crippen molar-refractivity contribution < 1.29 is 0 Å². The molecule has 0 saturated heterocycles. The van der Waals surface area contributed by atoms with Gasteiger partial charge >= 0.3 is 0 Å². The number of rotatable bonds is 2. The number of hydrogen-bond acceptors (Lipinski definition) is 2. The van der Waals surface area contributed by atoms with E-state index in [0.717, 1.165) is 5.67 Å². The van der Waals surface area contributed by atoms with Gasteiger partial charge in [0.15, 0.2) is 16.1 Å². The van der Waals surface area contributed by atoms with E-state index in [1.54, 1.807) is 0 Å². The lowest BCUT2D eigenvalue weighted by Crippen LogP contribution is -2.37. The Morgan fingerprint density at radius 1 is 0.909 bits per heavy atom. The summed E-state index contributed by atoms with van der Waals surface area (Å²) in [6.45, 7) is 8.11. The lowest BCUT2D eigenvalue weighted by molar-refractivity contribution is 1.48. The zero-order valence-corrected chi connectivity index (χ0v) is 9.60. The molecule has 0 amide bonds. The highest BCUT2D eigenvalue weighted by Gasteiger charge is 2.32. The lowest BCUT2D eigenvalue weighted by Gasteiger charge is -2.19. The minimum absolute atomic E-state index is 0.896. The highest BCUT2D eigenvalue weighted by Crippen LogP contribution is 2.17. The first-order valence-electron chi connectivity index (χ1n) is 3.65. The average molecular weight is 182 g/mol. The molecule has 0 fully saturated rings. The Kier molecular flexibility index (Phi) is 3.04. The molecule has 0 aromatic rings. The van der Waals surface area contributed by atoms with E-state index >= 15 is 0 Å². The predicted octanol–water partition coefficient (Wildman–Crippen LogP) is 2.07. The Labute approximate surface area is 70.5 Å². The van der Waals surface area contributed by atoms with Gasteiger partial charge in [0.25, 0.3) is 0 Å². The van der Waals surface area contributed by atoms with Crippen LogP contribution in [0.15, 0.2) is 0 Å². The van der Waals surface area contributed by atoms with Crippen molar-refractivity contribution in [2.75, 3.05) is 0 Å². The van der Waals surface area contributed by atoms with Crippen LogP contribution in [-0.2, 0) is 0 Å². The fourth-order valence-corrected chi connectivity index (χ4v) is 10.7. The predicted molar refractivity (Wildman–Crippen MR) is 51.0 cm³/mol. The number of hydrogen-bond donors (Lipinski definition) is 0. The van der Waals surface area contributed by atoms with Crippen molar-refractivity contribution in [3.63, 3.8) is 0 Å². The summed E-state index contributed by atoms with van der Waals surface area (Å²) < 4.78 is 0. The molecule has 2 nitrogen and oxygen atoms in total. The van der Waals surface area contributed by atoms with Crippen LogP contribution in [0.2, 0.25) is 31.9 Å². The Morgan fingerprint density at radius 2 is 1.18 bits per heavy atom. The molecule has 0 aliphatic rings. The molecular weight excluding hydrogens is 168 g/mol. The summed E-state index contributed by atoms with van der Waals surface area (Å²) in [7, 11) is -3.38. The number of nitrogens with zero attached hydrogens (tertiary/aromatic N) is 2. The van der Waals surface area contributed by atoms with Crippen LogP contribution in [0.25, 0.3) is 0 Å². The first-order chi connectivity index (χ1) is 4.83. The molecule has 0 aromatic carbocycles. The molecule has 0 atom stereocenters. The summed E-state index contributed by atoms with van der Waals surface area (Å²) in [4.78, 5) is 0. The Hall–Kier alpha value is -0.586. The van der Waals surface area contributed by atoms with Crippen molar-refractivity contribution in [2.24, 2.45) is 0 Å². The smallest absolute Gasteiger partial charge is 0.166 e. The number of nitriles is 2. The molecule has 0 saturated carbocycles. The fraction of sp³-hybridized carbons (Fsp3) is 0.714. The van der Waals surface area contributed by atoms with Crippen LogP contribution < -0.4 is 0 Å². The maximum Gasteiger partial charge on any atom is 0.166 e. The Balaban J connectivity index is 4.31. The molecule has 0 aliphatic heterocycles. The fourth-order valence-electron chi connectivity index (χ4n) is 1.18. The van der Waals surface area contributed by atoms with Gasteiger partial charge in [-0.15, -0.1) is 0 Å². The van der Waals surface area contributed by atoms with Crippen LogP contribution in [0.5, 0.6) is 0 Å². The molecule has 4 heteroatoms. The Morgan fingerprint density at radius 3 is 1.36 bits per heavy atom. The molecule has 0 heterocycles. The average Bonchev–Trinajstić information content (AvgIpc) is 1.86. The maximum absolute atomic E-state index is 8.78.